The first-order valence-electron chi connectivity index (χ1n) is 9.50. The lowest BCUT2D eigenvalue weighted by atomic mass is 9.96. The molecule has 2 aliphatic heterocycles. The molecule has 0 spiro atoms. The van der Waals surface area contributed by atoms with Crippen LogP contribution in [0.3, 0.4) is 0 Å². The first kappa shape index (κ1) is 20.3. The molecule has 0 radical (unpaired) electrons. The molecular weight excluding hydrogens is 409 g/mol. The van der Waals surface area contributed by atoms with E-state index in [1.807, 2.05) is 6.08 Å². The van der Waals surface area contributed by atoms with Crippen molar-refractivity contribution in [3.8, 4) is 16.9 Å². The van der Waals surface area contributed by atoms with Crippen LogP contribution in [0, 0.1) is 5.82 Å². The average molecular weight is 430 g/mol. The Bertz CT molecular complexity index is 1050. The molecule has 0 aliphatic carbocycles. The van der Waals surface area contributed by atoms with Crippen LogP contribution in [0.15, 0.2) is 59.9 Å². The van der Waals surface area contributed by atoms with Crippen LogP contribution in [0.5, 0.6) is 5.75 Å². The summed E-state index contributed by atoms with van der Waals surface area (Å²) in [7, 11) is 1.50. The predicted octanol–water partition coefficient (Wildman–Crippen LogP) is 4.20. The van der Waals surface area contributed by atoms with Gasteiger partial charge in [0.1, 0.15) is 17.4 Å². The van der Waals surface area contributed by atoms with Crippen molar-refractivity contribution >= 4 is 17.6 Å². The van der Waals surface area contributed by atoms with E-state index in [-0.39, 0.29) is 12.6 Å². The number of urea groups is 1. The van der Waals surface area contributed by atoms with Crippen LogP contribution in [-0.4, -0.2) is 47.9 Å². The highest BCUT2D eigenvalue weighted by Gasteiger charge is 2.28. The minimum atomic E-state index is -0.393. The Morgan fingerprint density at radius 2 is 2.10 bits per heavy atom. The van der Waals surface area contributed by atoms with Gasteiger partial charge in [-0.1, -0.05) is 35.9 Å². The minimum absolute atomic E-state index is 0.174. The van der Waals surface area contributed by atoms with Crippen LogP contribution in [0.1, 0.15) is 5.56 Å². The highest BCUT2D eigenvalue weighted by Crippen LogP contribution is 2.36. The van der Waals surface area contributed by atoms with Gasteiger partial charge in [0.15, 0.2) is 0 Å². The van der Waals surface area contributed by atoms with Crippen molar-refractivity contribution < 1.29 is 19.1 Å². The summed E-state index contributed by atoms with van der Waals surface area (Å²) in [4.78, 5) is 13.3. The summed E-state index contributed by atoms with van der Waals surface area (Å²) in [6.07, 6.45) is 3.79. The third kappa shape index (κ3) is 3.86. The van der Waals surface area contributed by atoms with Gasteiger partial charge in [-0.3, -0.25) is 10.1 Å². The van der Waals surface area contributed by atoms with Crippen molar-refractivity contribution in [1.82, 2.24) is 15.3 Å². The van der Waals surface area contributed by atoms with Crippen molar-refractivity contribution in [3.05, 3.63) is 76.3 Å². The third-order valence-corrected chi connectivity index (χ3v) is 5.39. The molecule has 30 heavy (non-hydrogen) atoms. The zero-order valence-corrected chi connectivity index (χ0v) is 17.1. The molecule has 6 nitrogen and oxygen atoms in total. The Morgan fingerprint density at radius 1 is 1.27 bits per heavy atom. The van der Waals surface area contributed by atoms with Gasteiger partial charge in [0.05, 0.1) is 19.2 Å². The summed E-state index contributed by atoms with van der Waals surface area (Å²) in [6, 6.07) is 10.1. The van der Waals surface area contributed by atoms with E-state index in [4.69, 9.17) is 16.3 Å². The number of hydroxylamine groups is 2. The summed E-state index contributed by atoms with van der Waals surface area (Å²) in [6.45, 7) is 1.19. The Hall–Kier alpha value is -3.03. The smallest absolute Gasteiger partial charge is 0.323 e. The van der Waals surface area contributed by atoms with E-state index < -0.39 is 5.82 Å². The topological polar surface area (TPSA) is 65.0 Å². The molecule has 0 atom stereocenters. The number of ether oxygens (including phenoxy) is 1. The normalized spacial score (nSPS) is 16.3. The van der Waals surface area contributed by atoms with E-state index >= 15 is 4.39 Å². The Kier molecular flexibility index (Phi) is 5.65. The highest BCUT2D eigenvalue weighted by molar-refractivity contribution is 6.30. The quantitative estimate of drug-likeness (QED) is 0.747. The molecule has 2 N–H and O–H groups in total. The number of nitrogens with one attached hydrogen (secondary N) is 1. The maximum Gasteiger partial charge on any atom is 0.323 e. The fourth-order valence-corrected chi connectivity index (χ4v) is 3.89. The van der Waals surface area contributed by atoms with E-state index in [1.165, 1.54) is 12.0 Å². The Balaban J connectivity index is 1.64. The summed E-state index contributed by atoms with van der Waals surface area (Å²) in [5.74, 6) is 0.432. The van der Waals surface area contributed by atoms with Gasteiger partial charge in [0, 0.05) is 18.1 Å². The van der Waals surface area contributed by atoms with Gasteiger partial charge in [-0.2, -0.15) is 0 Å². The first-order chi connectivity index (χ1) is 14.5. The molecule has 2 amide bonds. The van der Waals surface area contributed by atoms with Crippen molar-refractivity contribution in [2.75, 3.05) is 26.7 Å². The second kappa shape index (κ2) is 8.38. The molecule has 0 bridgehead atoms. The van der Waals surface area contributed by atoms with Crippen molar-refractivity contribution in [3.63, 3.8) is 0 Å². The molecule has 156 valence electrons. The molecular formula is C22H21ClFN3O3. The zero-order chi connectivity index (χ0) is 21.3. The number of hydrogen-bond donors (Lipinski definition) is 2. The number of nitrogens with zero attached hydrogens (tertiary/aromatic N) is 2. The second-order valence-corrected chi connectivity index (χ2v) is 7.53. The van der Waals surface area contributed by atoms with Gasteiger partial charge >= 0.3 is 6.03 Å². The predicted molar refractivity (Wildman–Crippen MR) is 112 cm³/mol. The first-order valence-corrected chi connectivity index (χ1v) is 9.88. The lowest BCUT2D eigenvalue weighted by Crippen LogP contribution is -2.38. The molecule has 0 aromatic heterocycles. The summed E-state index contributed by atoms with van der Waals surface area (Å²) < 4.78 is 20.8. The Morgan fingerprint density at radius 3 is 2.77 bits per heavy atom. The number of amides is 2. The average Bonchev–Trinajstić information content (AvgIpc) is 3.15. The van der Waals surface area contributed by atoms with E-state index in [0.29, 0.717) is 52.8 Å². The van der Waals surface area contributed by atoms with E-state index in [0.717, 1.165) is 10.6 Å². The third-order valence-electron chi connectivity index (χ3n) is 5.15. The van der Waals surface area contributed by atoms with Gasteiger partial charge in [0.25, 0.3) is 0 Å². The fraction of sp³-hybridized carbons (Fsp3) is 0.227. The molecule has 0 saturated carbocycles. The van der Waals surface area contributed by atoms with Crippen molar-refractivity contribution in [1.29, 1.82) is 0 Å². The largest absolute Gasteiger partial charge is 0.496 e. The van der Waals surface area contributed by atoms with Crippen molar-refractivity contribution in [2.24, 2.45) is 0 Å². The lowest BCUT2D eigenvalue weighted by molar-refractivity contribution is -0.0680. The fourth-order valence-electron chi connectivity index (χ4n) is 3.70. The minimum Gasteiger partial charge on any atom is -0.496 e. The summed E-state index contributed by atoms with van der Waals surface area (Å²) >= 11 is 6.09. The van der Waals surface area contributed by atoms with E-state index in [9.17, 15) is 10.0 Å². The van der Waals surface area contributed by atoms with Crippen LogP contribution >= 0.6 is 11.6 Å². The Labute approximate surface area is 178 Å². The van der Waals surface area contributed by atoms with E-state index in [2.05, 4.69) is 5.32 Å². The van der Waals surface area contributed by atoms with E-state index in [1.54, 1.807) is 42.5 Å². The molecule has 2 aromatic rings. The number of methoxy groups -OCH3 is 1. The van der Waals surface area contributed by atoms with Crippen LogP contribution < -0.4 is 10.1 Å². The summed E-state index contributed by atoms with van der Waals surface area (Å²) in [5, 5.41) is 14.6. The van der Waals surface area contributed by atoms with Gasteiger partial charge in [0.2, 0.25) is 0 Å². The zero-order valence-electron chi connectivity index (χ0n) is 16.4. The number of hydrogen-bond acceptors (Lipinski definition) is 4. The SMILES string of the molecule is COc1ccc(CC2=CC=C(N3CCNC3=O)N(O)C2)c(F)c1-c1cccc(Cl)c1. The molecule has 8 heteroatoms. The van der Waals surface area contributed by atoms with Gasteiger partial charge < -0.3 is 10.1 Å². The van der Waals surface area contributed by atoms with Crippen LogP contribution in [-0.2, 0) is 6.42 Å². The number of carbonyl (C=O) groups is 1. The monoisotopic (exact) mass is 429 g/mol. The molecule has 2 aromatic carbocycles. The molecule has 2 aliphatic rings. The molecule has 2 heterocycles. The second-order valence-electron chi connectivity index (χ2n) is 7.09. The lowest BCUT2D eigenvalue weighted by Gasteiger charge is -2.29. The molecule has 4 rings (SSSR count). The number of carbonyl (C=O) groups excluding carboxylic acids is 1. The van der Waals surface area contributed by atoms with Crippen LogP contribution in [0.2, 0.25) is 5.02 Å². The van der Waals surface area contributed by atoms with Crippen LogP contribution in [0.25, 0.3) is 11.1 Å². The number of benzene rings is 2. The highest BCUT2D eigenvalue weighted by atomic mass is 35.5. The maximum atomic E-state index is 15.5. The van der Waals surface area contributed by atoms with Gasteiger partial charge in [-0.15, -0.1) is 0 Å². The maximum absolute atomic E-state index is 15.5. The van der Waals surface area contributed by atoms with Crippen LogP contribution in [0.4, 0.5) is 9.18 Å². The molecule has 1 fully saturated rings. The number of halogens is 2. The molecule has 1 saturated heterocycles. The standard InChI is InChI=1S/C22H21ClFN3O3/c1-30-18-7-6-16(21(24)20(18)15-3-2-4-17(23)12-15)11-14-5-8-19(27(29)13-14)26-10-9-25-22(26)28/h2-8,12,29H,9-11,13H2,1H3,(H,25,28). The number of rotatable bonds is 5. The van der Waals surface area contributed by atoms with Crippen molar-refractivity contribution in [2.45, 2.75) is 6.42 Å². The van der Waals surface area contributed by atoms with Gasteiger partial charge in [-0.25, -0.2) is 14.2 Å². The van der Waals surface area contributed by atoms with Gasteiger partial charge in [-0.05, 0) is 47.4 Å². The molecule has 0 unspecified atom stereocenters. The summed E-state index contributed by atoms with van der Waals surface area (Å²) in [5.41, 5.74) is 2.25. The number of allylic oxidation sites excluding steroid dienone is 2.